The van der Waals surface area contributed by atoms with Gasteiger partial charge in [-0.2, -0.15) is 0 Å². The van der Waals surface area contributed by atoms with Crippen LogP contribution in [0.15, 0.2) is 57.8 Å². The fourth-order valence-electron chi connectivity index (χ4n) is 3.61. The highest BCUT2D eigenvalue weighted by Crippen LogP contribution is 2.24. The van der Waals surface area contributed by atoms with Gasteiger partial charge >= 0.3 is 0 Å². The van der Waals surface area contributed by atoms with E-state index in [0.717, 1.165) is 35.7 Å². The first kappa shape index (κ1) is 18.7. The maximum atomic E-state index is 13.2. The number of hydrogen-bond acceptors (Lipinski definition) is 4. The highest BCUT2D eigenvalue weighted by Gasteiger charge is 2.23. The van der Waals surface area contributed by atoms with E-state index in [1.165, 1.54) is 0 Å². The van der Waals surface area contributed by atoms with Gasteiger partial charge in [-0.1, -0.05) is 59.1 Å². The van der Waals surface area contributed by atoms with Crippen molar-refractivity contribution in [1.82, 2.24) is 15.0 Å². The minimum atomic E-state index is -0.159. The molecule has 0 aliphatic heterocycles. The van der Waals surface area contributed by atoms with Crippen LogP contribution in [0.25, 0.3) is 10.9 Å². The first-order valence-corrected chi connectivity index (χ1v) is 10.2. The molecule has 0 spiro atoms. The zero-order valence-electron chi connectivity index (χ0n) is 15.3. The topological polar surface area (TPSA) is 76.0 Å². The van der Waals surface area contributed by atoms with E-state index < -0.39 is 0 Å². The molecule has 2 aromatic carbocycles. The van der Waals surface area contributed by atoms with Crippen LogP contribution in [0.2, 0.25) is 0 Å². The lowest BCUT2D eigenvalue weighted by atomic mass is 10.1. The van der Waals surface area contributed by atoms with Crippen LogP contribution in [0.4, 0.5) is 5.95 Å². The van der Waals surface area contributed by atoms with Gasteiger partial charge in [0.25, 0.3) is 5.56 Å². The molecular formula is C21H21BrN4O2. The molecule has 4 rings (SSSR count). The summed E-state index contributed by atoms with van der Waals surface area (Å²) < 4.78 is 2.37. The van der Waals surface area contributed by atoms with E-state index in [4.69, 9.17) is 0 Å². The fraction of sp³-hybridized carbons (Fsp3) is 0.286. The fourth-order valence-corrected chi connectivity index (χ4v) is 3.97. The summed E-state index contributed by atoms with van der Waals surface area (Å²) in [5, 5.41) is 0.526. The molecule has 1 aromatic heterocycles. The highest BCUT2D eigenvalue weighted by atomic mass is 79.9. The Labute approximate surface area is 171 Å². The van der Waals surface area contributed by atoms with Gasteiger partial charge in [0.15, 0.2) is 0 Å². The van der Waals surface area contributed by atoms with Crippen molar-refractivity contribution in [2.24, 2.45) is 5.92 Å². The number of carbonyl (C=O) groups excluding carboxylic acids is 1. The van der Waals surface area contributed by atoms with E-state index in [1.807, 2.05) is 36.4 Å². The van der Waals surface area contributed by atoms with E-state index >= 15 is 0 Å². The lowest BCUT2D eigenvalue weighted by Crippen LogP contribution is -2.37. The Morgan fingerprint density at radius 1 is 1.14 bits per heavy atom. The van der Waals surface area contributed by atoms with Crippen LogP contribution in [-0.4, -0.2) is 15.5 Å². The number of benzene rings is 2. The zero-order valence-corrected chi connectivity index (χ0v) is 16.9. The van der Waals surface area contributed by atoms with Gasteiger partial charge in [0, 0.05) is 10.4 Å². The van der Waals surface area contributed by atoms with Crippen molar-refractivity contribution < 1.29 is 4.79 Å². The summed E-state index contributed by atoms with van der Waals surface area (Å²) in [6.45, 7) is 0.358. The SMILES string of the molecule is O=C(NNc1nc2ccc(Br)cc2c(=O)n1Cc1ccccc1)C1CCCC1. The molecule has 0 atom stereocenters. The molecule has 0 unspecified atom stereocenters. The molecule has 7 heteroatoms. The van der Waals surface area contributed by atoms with Crippen LogP contribution in [0.1, 0.15) is 31.2 Å². The van der Waals surface area contributed by atoms with E-state index in [1.54, 1.807) is 16.7 Å². The Bertz CT molecular complexity index is 1060. The summed E-state index contributed by atoms with van der Waals surface area (Å²) in [7, 11) is 0. The second-order valence-electron chi connectivity index (χ2n) is 7.07. The number of hydrogen-bond donors (Lipinski definition) is 2. The first-order chi connectivity index (χ1) is 13.6. The summed E-state index contributed by atoms with van der Waals surface area (Å²) in [5.41, 5.74) is 7.05. The molecular weight excluding hydrogens is 420 g/mol. The van der Waals surface area contributed by atoms with Crippen molar-refractivity contribution >= 4 is 38.7 Å². The minimum absolute atomic E-state index is 0.0261. The molecule has 0 saturated heterocycles. The number of fused-ring (bicyclic) bond motifs is 1. The summed E-state index contributed by atoms with van der Waals surface area (Å²) in [6, 6.07) is 15.1. The van der Waals surface area contributed by atoms with Gasteiger partial charge in [0.05, 0.1) is 17.4 Å². The van der Waals surface area contributed by atoms with E-state index in [0.29, 0.717) is 23.4 Å². The average Bonchev–Trinajstić information content (AvgIpc) is 3.25. The maximum Gasteiger partial charge on any atom is 0.263 e. The van der Waals surface area contributed by atoms with Crippen molar-refractivity contribution in [2.45, 2.75) is 32.2 Å². The van der Waals surface area contributed by atoms with Gasteiger partial charge in [0.2, 0.25) is 11.9 Å². The number of hydrazine groups is 1. The van der Waals surface area contributed by atoms with Crippen LogP contribution in [0.3, 0.4) is 0 Å². The molecule has 1 saturated carbocycles. The lowest BCUT2D eigenvalue weighted by Gasteiger charge is -2.17. The number of aromatic nitrogens is 2. The smallest absolute Gasteiger partial charge is 0.263 e. The van der Waals surface area contributed by atoms with Crippen LogP contribution in [0, 0.1) is 5.92 Å². The number of anilines is 1. The lowest BCUT2D eigenvalue weighted by molar-refractivity contribution is -0.124. The molecule has 144 valence electrons. The van der Waals surface area contributed by atoms with Crippen molar-refractivity contribution in [3.63, 3.8) is 0 Å². The number of nitrogens with one attached hydrogen (secondary N) is 2. The molecule has 2 N–H and O–H groups in total. The van der Waals surface area contributed by atoms with Gasteiger partial charge in [0.1, 0.15) is 0 Å². The standard InChI is InChI=1S/C21H21BrN4O2/c22-16-10-11-18-17(12-16)20(28)26(13-14-6-2-1-3-7-14)21(23-18)25-24-19(27)15-8-4-5-9-15/h1-3,6-7,10-12,15H,4-5,8-9,13H2,(H,23,25)(H,24,27). The average molecular weight is 441 g/mol. The van der Waals surface area contributed by atoms with Crippen molar-refractivity contribution in [2.75, 3.05) is 5.43 Å². The van der Waals surface area contributed by atoms with E-state index in [2.05, 4.69) is 31.8 Å². The molecule has 28 heavy (non-hydrogen) atoms. The first-order valence-electron chi connectivity index (χ1n) is 9.42. The van der Waals surface area contributed by atoms with Crippen LogP contribution in [-0.2, 0) is 11.3 Å². The van der Waals surface area contributed by atoms with Crippen LogP contribution < -0.4 is 16.4 Å². The molecule has 1 fully saturated rings. The largest absolute Gasteiger partial charge is 0.273 e. The third kappa shape index (κ3) is 3.94. The second kappa shape index (κ2) is 8.14. The minimum Gasteiger partial charge on any atom is -0.273 e. The number of halogens is 1. The Hall–Kier alpha value is -2.67. The number of amides is 1. The maximum absolute atomic E-state index is 13.2. The monoisotopic (exact) mass is 440 g/mol. The van der Waals surface area contributed by atoms with Gasteiger partial charge in [-0.15, -0.1) is 0 Å². The molecule has 1 aliphatic carbocycles. The Morgan fingerprint density at radius 3 is 2.64 bits per heavy atom. The highest BCUT2D eigenvalue weighted by molar-refractivity contribution is 9.10. The number of rotatable bonds is 5. The van der Waals surface area contributed by atoms with Crippen LogP contribution >= 0.6 is 15.9 Å². The Morgan fingerprint density at radius 2 is 1.89 bits per heavy atom. The summed E-state index contributed by atoms with van der Waals surface area (Å²) in [6.07, 6.45) is 3.98. The van der Waals surface area contributed by atoms with Gasteiger partial charge in [-0.25, -0.2) is 4.98 Å². The van der Waals surface area contributed by atoms with Crippen LogP contribution in [0.5, 0.6) is 0 Å². The molecule has 0 radical (unpaired) electrons. The van der Waals surface area contributed by atoms with Crippen molar-refractivity contribution in [1.29, 1.82) is 0 Å². The molecule has 1 heterocycles. The summed E-state index contributed by atoms with van der Waals surface area (Å²) >= 11 is 3.42. The Kier molecular flexibility index (Phi) is 5.43. The number of nitrogens with zero attached hydrogens (tertiary/aromatic N) is 2. The molecule has 1 aliphatic rings. The predicted molar refractivity (Wildman–Crippen MR) is 113 cm³/mol. The summed E-state index contributed by atoms with van der Waals surface area (Å²) in [5.74, 6) is 0.308. The number of carbonyl (C=O) groups is 1. The van der Waals surface area contributed by atoms with Crippen molar-refractivity contribution in [3.05, 3.63) is 68.9 Å². The quantitative estimate of drug-likeness (QED) is 0.590. The molecule has 1 amide bonds. The van der Waals surface area contributed by atoms with E-state index in [9.17, 15) is 9.59 Å². The van der Waals surface area contributed by atoms with Gasteiger partial charge in [-0.3, -0.25) is 25.0 Å². The molecule has 6 nitrogen and oxygen atoms in total. The third-order valence-electron chi connectivity index (χ3n) is 5.12. The zero-order chi connectivity index (χ0) is 19.5. The molecule has 3 aromatic rings. The predicted octanol–water partition coefficient (Wildman–Crippen LogP) is 3.84. The summed E-state index contributed by atoms with van der Waals surface area (Å²) in [4.78, 5) is 30.1. The van der Waals surface area contributed by atoms with Crippen molar-refractivity contribution in [3.8, 4) is 0 Å². The van der Waals surface area contributed by atoms with E-state index in [-0.39, 0.29) is 17.4 Å². The second-order valence-corrected chi connectivity index (χ2v) is 7.99. The Balaban J connectivity index is 1.70. The third-order valence-corrected chi connectivity index (χ3v) is 5.62. The van der Waals surface area contributed by atoms with Gasteiger partial charge in [-0.05, 0) is 36.6 Å². The molecule has 0 bridgehead atoms. The van der Waals surface area contributed by atoms with Gasteiger partial charge < -0.3 is 0 Å². The normalized spacial score (nSPS) is 14.3.